The first-order valence-corrected chi connectivity index (χ1v) is 9.69. The molecule has 1 heterocycles. The minimum absolute atomic E-state index is 0.00599. The van der Waals surface area contributed by atoms with E-state index in [0.29, 0.717) is 25.7 Å². The molecule has 160 valence electrons. The summed E-state index contributed by atoms with van der Waals surface area (Å²) < 4.78 is 26.5. The number of hydrogen-bond acceptors (Lipinski definition) is 4. The van der Waals surface area contributed by atoms with Crippen molar-refractivity contribution in [2.24, 2.45) is 5.92 Å². The van der Waals surface area contributed by atoms with Crippen LogP contribution in [-0.4, -0.2) is 40.8 Å². The van der Waals surface area contributed by atoms with Crippen LogP contribution >= 0.6 is 11.6 Å². The van der Waals surface area contributed by atoms with Crippen molar-refractivity contribution in [3.05, 3.63) is 46.5 Å². The lowest BCUT2D eigenvalue weighted by Gasteiger charge is -2.28. The molecule has 1 aliphatic rings. The molecular formula is C19H20ClF2N5O3. The fraction of sp³-hybridized carbons (Fsp3) is 0.368. The Balaban J connectivity index is 1.54. The molecule has 3 rings (SSSR count). The molecule has 0 unspecified atom stereocenters. The lowest BCUT2D eigenvalue weighted by Crippen LogP contribution is -2.40. The van der Waals surface area contributed by atoms with Crippen molar-refractivity contribution in [2.75, 3.05) is 12.4 Å². The predicted octanol–water partition coefficient (Wildman–Crippen LogP) is 2.63. The van der Waals surface area contributed by atoms with Crippen molar-refractivity contribution in [1.82, 2.24) is 20.6 Å². The second-order valence-electron chi connectivity index (χ2n) is 6.96. The van der Waals surface area contributed by atoms with E-state index >= 15 is 0 Å². The number of anilines is 1. The zero-order chi connectivity index (χ0) is 21.8. The van der Waals surface area contributed by atoms with Crippen LogP contribution < -0.4 is 16.0 Å². The normalized spacial score (nSPS) is 18.5. The summed E-state index contributed by atoms with van der Waals surface area (Å²) in [5.41, 5.74) is 0.0886. The zero-order valence-electron chi connectivity index (χ0n) is 16.0. The quantitative estimate of drug-likeness (QED) is 0.536. The number of halogens is 3. The van der Waals surface area contributed by atoms with Crippen LogP contribution in [0, 0.1) is 17.6 Å². The Morgan fingerprint density at radius 2 is 1.77 bits per heavy atom. The maximum absolute atomic E-state index is 13.4. The Morgan fingerprint density at radius 3 is 2.43 bits per heavy atom. The third kappa shape index (κ3) is 4.76. The van der Waals surface area contributed by atoms with E-state index < -0.39 is 23.4 Å². The van der Waals surface area contributed by atoms with Gasteiger partial charge in [0.05, 0.1) is 17.0 Å². The highest BCUT2D eigenvalue weighted by molar-refractivity contribution is 6.33. The van der Waals surface area contributed by atoms with Gasteiger partial charge in [-0.1, -0.05) is 11.6 Å². The summed E-state index contributed by atoms with van der Waals surface area (Å²) in [6.07, 6.45) is 3.33. The van der Waals surface area contributed by atoms with E-state index in [1.54, 1.807) is 0 Å². The van der Waals surface area contributed by atoms with Crippen molar-refractivity contribution < 1.29 is 23.2 Å². The molecule has 1 aromatic carbocycles. The van der Waals surface area contributed by atoms with Gasteiger partial charge in [-0.05, 0) is 31.7 Å². The molecule has 1 aromatic heterocycles. The molecule has 0 saturated heterocycles. The van der Waals surface area contributed by atoms with E-state index in [2.05, 4.69) is 25.9 Å². The van der Waals surface area contributed by atoms with Crippen LogP contribution in [0.1, 0.15) is 46.7 Å². The molecule has 0 atom stereocenters. The molecule has 0 aliphatic heterocycles. The van der Waals surface area contributed by atoms with Crippen molar-refractivity contribution >= 4 is 35.0 Å². The molecule has 30 heavy (non-hydrogen) atoms. The first-order valence-electron chi connectivity index (χ1n) is 9.31. The highest BCUT2D eigenvalue weighted by Crippen LogP contribution is 2.29. The fourth-order valence-corrected chi connectivity index (χ4v) is 3.57. The van der Waals surface area contributed by atoms with E-state index in [-0.39, 0.29) is 40.0 Å². The second kappa shape index (κ2) is 9.21. The molecule has 8 nitrogen and oxygen atoms in total. The summed E-state index contributed by atoms with van der Waals surface area (Å²) in [4.78, 5) is 43.2. The Kier molecular flexibility index (Phi) is 6.66. The van der Waals surface area contributed by atoms with Crippen LogP contribution in [0.4, 0.5) is 14.5 Å². The van der Waals surface area contributed by atoms with Gasteiger partial charge in [-0.3, -0.25) is 14.4 Å². The van der Waals surface area contributed by atoms with Gasteiger partial charge in [0, 0.05) is 25.1 Å². The van der Waals surface area contributed by atoms with Crippen molar-refractivity contribution in [2.45, 2.75) is 31.7 Å². The van der Waals surface area contributed by atoms with E-state index in [0.717, 1.165) is 12.1 Å². The summed E-state index contributed by atoms with van der Waals surface area (Å²) in [6, 6.07) is 1.48. The van der Waals surface area contributed by atoms with Gasteiger partial charge in [-0.25, -0.2) is 13.8 Å². The molecule has 4 N–H and O–H groups in total. The molecule has 1 fully saturated rings. The van der Waals surface area contributed by atoms with E-state index in [9.17, 15) is 23.2 Å². The number of nitrogens with zero attached hydrogens (tertiary/aromatic N) is 1. The maximum atomic E-state index is 13.4. The number of imidazole rings is 1. The van der Waals surface area contributed by atoms with Crippen LogP contribution in [0.2, 0.25) is 5.02 Å². The number of aromatic amines is 1. The van der Waals surface area contributed by atoms with E-state index in [4.69, 9.17) is 11.6 Å². The van der Waals surface area contributed by atoms with Gasteiger partial charge in [-0.2, -0.15) is 0 Å². The number of aromatic nitrogens is 2. The lowest BCUT2D eigenvalue weighted by molar-refractivity contribution is -0.120. The minimum Gasteiger partial charge on any atom is -0.354 e. The van der Waals surface area contributed by atoms with Gasteiger partial charge >= 0.3 is 0 Å². The monoisotopic (exact) mass is 439 g/mol. The molecule has 0 spiro atoms. The predicted molar refractivity (Wildman–Crippen MR) is 105 cm³/mol. The molecule has 1 aliphatic carbocycles. The largest absolute Gasteiger partial charge is 0.354 e. The van der Waals surface area contributed by atoms with Gasteiger partial charge in [0.25, 0.3) is 11.8 Å². The Morgan fingerprint density at radius 1 is 1.10 bits per heavy atom. The molecule has 1 saturated carbocycles. The van der Waals surface area contributed by atoms with Gasteiger partial charge in [0.15, 0.2) is 17.3 Å². The van der Waals surface area contributed by atoms with E-state index in [1.165, 1.54) is 13.4 Å². The average molecular weight is 440 g/mol. The first kappa shape index (κ1) is 21.7. The molecule has 0 bridgehead atoms. The number of carbonyl (C=O) groups excluding carboxylic acids is 3. The summed E-state index contributed by atoms with van der Waals surface area (Å²) in [7, 11) is 1.44. The van der Waals surface area contributed by atoms with Crippen LogP contribution in [0.25, 0.3) is 0 Å². The molecule has 0 radical (unpaired) electrons. The summed E-state index contributed by atoms with van der Waals surface area (Å²) >= 11 is 5.85. The van der Waals surface area contributed by atoms with Gasteiger partial charge in [0.1, 0.15) is 5.69 Å². The molecule has 2 aromatic rings. The van der Waals surface area contributed by atoms with E-state index in [1.807, 2.05) is 0 Å². The number of nitrogens with one attached hydrogen (secondary N) is 4. The Labute approximate surface area is 175 Å². The molecular weight excluding hydrogens is 420 g/mol. The lowest BCUT2D eigenvalue weighted by atomic mass is 9.85. The summed E-state index contributed by atoms with van der Waals surface area (Å²) in [6.45, 7) is 0. The molecule has 3 amide bonds. The van der Waals surface area contributed by atoms with Crippen LogP contribution in [-0.2, 0) is 4.79 Å². The number of amides is 3. The fourth-order valence-electron chi connectivity index (χ4n) is 3.37. The Bertz CT molecular complexity index is 973. The number of H-pyrrole nitrogens is 1. The number of benzene rings is 1. The van der Waals surface area contributed by atoms with Crippen LogP contribution in [0.15, 0.2) is 18.5 Å². The number of carbonyl (C=O) groups is 3. The van der Waals surface area contributed by atoms with Crippen molar-refractivity contribution in [1.29, 1.82) is 0 Å². The standard InChI is InChI=1S/C19H20ClF2N5O3/c1-23-18(29)15-16(25-8-24-15)19(30)26-10-4-2-9(3-5-10)17(28)27-14-7-13(22)12(21)6-11(14)20/h6-10H,2-5H2,1H3,(H,23,29)(H,24,25)(H,26,30)(H,27,28)/t9-,10-. The number of rotatable bonds is 5. The van der Waals surface area contributed by atoms with Gasteiger partial charge < -0.3 is 20.9 Å². The van der Waals surface area contributed by atoms with Crippen LogP contribution in [0.5, 0.6) is 0 Å². The SMILES string of the molecule is CNC(=O)c1nc[nH]c1C(=O)N[C@H]1CC[C@H](C(=O)Nc2cc(F)c(F)cc2Cl)CC1. The first-order chi connectivity index (χ1) is 14.3. The third-order valence-corrected chi connectivity index (χ3v) is 5.32. The smallest absolute Gasteiger partial charge is 0.272 e. The van der Waals surface area contributed by atoms with Crippen LogP contribution in [0.3, 0.4) is 0 Å². The Hall–Kier alpha value is -3.01. The summed E-state index contributed by atoms with van der Waals surface area (Å²) in [5.74, 6) is -3.81. The van der Waals surface area contributed by atoms with Crippen molar-refractivity contribution in [3.63, 3.8) is 0 Å². The zero-order valence-corrected chi connectivity index (χ0v) is 16.8. The average Bonchev–Trinajstić information content (AvgIpc) is 3.22. The van der Waals surface area contributed by atoms with Gasteiger partial charge in [-0.15, -0.1) is 0 Å². The van der Waals surface area contributed by atoms with Crippen molar-refractivity contribution in [3.8, 4) is 0 Å². The summed E-state index contributed by atoms with van der Waals surface area (Å²) in [5, 5.41) is 7.70. The highest BCUT2D eigenvalue weighted by atomic mass is 35.5. The molecule has 11 heteroatoms. The highest BCUT2D eigenvalue weighted by Gasteiger charge is 2.29. The third-order valence-electron chi connectivity index (χ3n) is 5.01. The second-order valence-corrected chi connectivity index (χ2v) is 7.37. The van der Waals surface area contributed by atoms with Gasteiger partial charge in [0.2, 0.25) is 5.91 Å². The minimum atomic E-state index is -1.10. The maximum Gasteiger partial charge on any atom is 0.272 e. The topological polar surface area (TPSA) is 116 Å². The number of hydrogen-bond donors (Lipinski definition) is 4.